The molecule has 1 aromatic rings. The number of nitrogens with one attached hydrogen (secondary N) is 1. The van der Waals surface area contributed by atoms with E-state index >= 15 is 0 Å². The Balaban J connectivity index is 2.34. The Bertz CT molecular complexity index is 324. The molecule has 1 aromatic heterocycles. The third-order valence-corrected chi connectivity index (χ3v) is 3.15. The number of nitrogens with zero attached hydrogens (tertiary/aromatic N) is 1. The number of hydrogen-bond donors (Lipinski definition) is 2. The van der Waals surface area contributed by atoms with Crippen molar-refractivity contribution in [1.29, 1.82) is 0 Å². The van der Waals surface area contributed by atoms with Gasteiger partial charge in [0, 0.05) is 13.1 Å². The molecule has 0 saturated carbocycles. The summed E-state index contributed by atoms with van der Waals surface area (Å²) in [7, 11) is 2.02. The van der Waals surface area contributed by atoms with Gasteiger partial charge in [0.1, 0.15) is 4.88 Å². The lowest BCUT2D eigenvalue weighted by Gasteiger charge is -2.13. The highest BCUT2D eigenvalue weighted by molar-refractivity contribution is 7.12. The van der Waals surface area contributed by atoms with Gasteiger partial charge in [-0.3, -0.25) is 4.79 Å². The maximum absolute atomic E-state index is 11.6. The molecule has 0 aliphatic carbocycles. The predicted octanol–water partition coefficient (Wildman–Crippen LogP) is 1.01. The number of anilines is 1. The SMILES string of the molecule is CCN(C)CCNC(=O)c1sccc1N. The third-order valence-electron chi connectivity index (χ3n) is 2.22. The largest absolute Gasteiger partial charge is 0.397 e. The fraction of sp³-hybridized carbons (Fsp3) is 0.500. The van der Waals surface area contributed by atoms with Gasteiger partial charge in [0.25, 0.3) is 5.91 Å². The van der Waals surface area contributed by atoms with E-state index in [0.29, 0.717) is 17.1 Å². The number of nitrogen functional groups attached to an aromatic ring is 1. The smallest absolute Gasteiger partial charge is 0.263 e. The second-order valence-corrected chi connectivity index (χ2v) is 4.27. The Morgan fingerprint density at radius 3 is 2.93 bits per heavy atom. The lowest BCUT2D eigenvalue weighted by Crippen LogP contribution is -2.32. The monoisotopic (exact) mass is 227 g/mol. The summed E-state index contributed by atoms with van der Waals surface area (Å²) in [6, 6.07) is 1.75. The molecule has 4 nitrogen and oxygen atoms in total. The molecule has 0 fully saturated rings. The van der Waals surface area contributed by atoms with Crippen molar-refractivity contribution in [2.24, 2.45) is 0 Å². The topological polar surface area (TPSA) is 58.4 Å². The molecule has 84 valence electrons. The van der Waals surface area contributed by atoms with Crippen LogP contribution >= 0.6 is 11.3 Å². The zero-order chi connectivity index (χ0) is 11.3. The minimum atomic E-state index is -0.0768. The summed E-state index contributed by atoms with van der Waals surface area (Å²) < 4.78 is 0. The molecule has 1 heterocycles. The summed E-state index contributed by atoms with van der Waals surface area (Å²) >= 11 is 1.37. The van der Waals surface area contributed by atoms with E-state index in [1.807, 2.05) is 12.4 Å². The van der Waals surface area contributed by atoms with Crippen LogP contribution in [0.15, 0.2) is 11.4 Å². The summed E-state index contributed by atoms with van der Waals surface area (Å²) in [4.78, 5) is 14.3. The van der Waals surface area contributed by atoms with Gasteiger partial charge in [-0.1, -0.05) is 6.92 Å². The molecule has 0 aromatic carbocycles. The van der Waals surface area contributed by atoms with Gasteiger partial charge in [-0.2, -0.15) is 0 Å². The van der Waals surface area contributed by atoms with Gasteiger partial charge in [-0.25, -0.2) is 0 Å². The molecule has 5 heteroatoms. The molecule has 0 saturated heterocycles. The van der Waals surface area contributed by atoms with E-state index in [4.69, 9.17) is 5.73 Å². The average Bonchev–Trinajstić information content (AvgIpc) is 2.64. The number of likely N-dealkylation sites (N-methyl/N-ethyl adjacent to an activating group) is 1. The minimum absolute atomic E-state index is 0.0768. The van der Waals surface area contributed by atoms with Crippen LogP contribution in [-0.4, -0.2) is 37.5 Å². The highest BCUT2D eigenvalue weighted by atomic mass is 32.1. The second kappa shape index (κ2) is 5.72. The lowest BCUT2D eigenvalue weighted by atomic mass is 10.4. The third kappa shape index (κ3) is 3.53. The number of hydrogen-bond acceptors (Lipinski definition) is 4. The van der Waals surface area contributed by atoms with Crippen molar-refractivity contribution >= 4 is 22.9 Å². The summed E-state index contributed by atoms with van der Waals surface area (Å²) in [6.45, 7) is 4.57. The van der Waals surface area contributed by atoms with E-state index in [1.165, 1.54) is 11.3 Å². The van der Waals surface area contributed by atoms with Crippen molar-refractivity contribution in [3.05, 3.63) is 16.3 Å². The molecule has 0 unspecified atom stereocenters. The van der Waals surface area contributed by atoms with Crippen LogP contribution in [0.4, 0.5) is 5.69 Å². The van der Waals surface area contributed by atoms with Crippen LogP contribution < -0.4 is 11.1 Å². The van der Waals surface area contributed by atoms with Crippen LogP contribution in [-0.2, 0) is 0 Å². The number of amides is 1. The molecule has 1 rings (SSSR count). The molecule has 0 spiro atoms. The first-order chi connectivity index (χ1) is 7.15. The van der Waals surface area contributed by atoms with E-state index in [0.717, 1.165) is 13.1 Å². The standard InChI is InChI=1S/C10H17N3OS/c1-3-13(2)6-5-12-10(14)9-8(11)4-7-15-9/h4,7H,3,5-6,11H2,1-2H3,(H,12,14). The van der Waals surface area contributed by atoms with E-state index in [2.05, 4.69) is 17.1 Å². The molecule has 0 bridgehead atoms. The van der Waals surface area contributed by atoms with Crippen molar-refractivity contribution < 1.29 is 4.79 Å². The van der Waals surface area contributed by atoms with Gasteiger partial charge < -0.3 is 16.0 Å². The van der Waals surface area contributed by atoms with Crippen LogP contribution in [0, 0.1) is 0 Å². The zero-order valence-electron chi connectivity index (χ0n) is 9.12. The highest BCUT2D eigenvalue weighted by Gasteiger charge is 2.09. The predicted molar refractivity (Wildman–Crippen MR) is 64.2 cm³/mol. The summed E-state index contributed by atoms with van der Waals surface area (Å²) in [5.41, 5.74) is 6.20. The van der Waals surface area contributed by atoms with Gasteiger partial charge >= 0.3 is 0 Å². The molecule has 15 heavy (non-hydrogen) atoms. The summed E-state index contributed by atoms with van der Waals surface area (Å²) in [5.74, 6) is -0.0768. The van der Waals surface area contributed by atoms with Crippen LogP contribution in [0.1, 0.15) is 16.6 Å². The zero-order valence-corrected chi connectivity index (χ0v) is 9.93. The van der Waals surface area contributed by atoms with Crippen molar-refractivity contribution in [2.75, 3.05) is 32.4 Å². The number of carbonyl (C=O) groups excluding carboxylic acids is 1. The van der Waals surface area contributed by atoms with Crippen molar-refractivity contribution in [3.8, 4) is 0 Å². The molecular formula is C10H17N3OS. The maximum Gasteiger partial charge on any atom is 0.263 e. The van der Waals surface area contributed by atoms with E-state index in [-0.39, 0.29) is 5.91 Å². The minimum Gasteiger partial charge on any atom is -0.397 e. The van der Waals surface area contributed by atoms with Crippen molar-refractivity contribution in [3.63, 3.8) is 0 Å². The van der Waals surface area contributed by atoms with Crippen molar-refractivity contribution in [2.45, 2.75) is 6.92 Å². The quantitative estimate of drug-likeness (QED) is 0.789. The first-order valence-corrected chi connectivity index (χ1v) is 5.82. The van der Waals surface area contributed by atoms with Gasteiger partial charge in [0.15, 0.2) is 0 Å². The lowest BCUT2D eigenvalue weighted by molar-refractivity contribution is 0.0955. The van der Waals surface area contributed by atoms with Crippen molar-refractivity contribution in [1.82, 2.24) is 10.2 Å². The highest BCUT2D eigenvalue weighted by Crippen LogP contribution is 2.17. The van der Waals surface area contributed by atoms with Crippen LogP contribution in [0.5, 0.6) is 0 Å². The number of thiophene rings is 1. The summed E-state index contributed by atoms with van der Waals surface area (Å²) in [5, 5.41) is 4.66. The van der Waals surface area contributed by atoms with E-state index < -0.39 is 0 Å². The van der Waals surface area contributed by atoms with Crippen LogP contribution in [0.25, 0.3) is 0 Å². The van der Waals surface area contributed by atoms with Gasteiger partial charge in [0.05, 0.1) is 5.69 Å². The molecule has 0 atom stereocenters. The van der Waals surface area contributed by atoms with Gasteiger partial charge in [-0.15, -0.1) is 11.3 Å². The average molecular weight is 227 g/mol. The van der Waals surface area contributed by atoms with E-state index in [1.54, 1.807) is 6.07 Å². The molecule has 1 amide bonds. The summed E-state index contributed by atoms with van der Waals surface area (Å²) in [6.07, 6.45) is 0. The molecular weight excluding hydrogens is 210 g/mol. The Labute approximate surface area is 94.1 Å². The number of carbonyl (C=O) groups is 1. The van der Waals surface area contributed by atoms with Gasteiger partial charge in [0.2, 0.25) is 0 Å². The number of nitrogens with two attached hydrogens (primary N) is 1. The maximum atomic E-state index is 11.6. The first kappa shape index (κ1) is 12.0. The van der Waals surface area contributed by atoms with Crippen LogP contribution in [0.3, 0.4) is 0 Å². The van der Waals surface area contributed by atoms with E-state index in [9.17, 15) is 4.79 Å². The molecule has 0 aliphatic rings. The Morgan fingerprint density at radius 1 is 1.67 bits per heavy atom. The second-order valence-electron chi connectivity index (χ2n) is 3.36. The molecule has 3 N–H and O–H groups in total. The van der Waals surface area contributed by atoms with Crippen LogP contribution in [0.2, 0.25) is 0 Å². The Hall–Kier alpha value is -1.07. The molecule has 0 radical (unpaired) electrons. The fourth-order valence-corrected chi connectivity index (χ4v) is 1.84. The Morgan fingerprint density at radius 2 is 2.40 bits per heavy atom. The first-order valence-electron chi connectivity index (χ1n) is 4.94. The molecule has 0 aliphatic heterocycles. The van der Waals surface area contributed by atoms with Gasteiger partial charge in [-0.05, 0) is 25.0 Å². The normalized spacial score (nSPS) is 10.6. The fourth-order valence-electron chi connectivity index (χ4n) is 1.10. The Kier molecular flexibility index (Phi) is 4.58. The number of rotatable bonds is 5.